The minimum absolute atomic E-state index is 0.427. The van der Waals surface area contributed by atoms with Gasteiger partial charge in [-0.05, 0) is 126 Å². The first-order valence-electron chi connectivity index (χ1n) is 24.5. The quantitative estimate of drug-likeness (QED) is 0.171. The van der Waals surface area contributed by atoms with Crippen LogP contribution in [-0.4, -0.2) is 4.57 Å². The molecule has 324 valence electrons. The van der Waals surface area contributed by atoms with Crippen LogP contribution in [0.5, 0.6) is 0 Å². The number of nitrogens with zero attached hydrogens (tertiary/aromatic N) is 2. The molecule has 1 aromatic heterocycles. The second-order valence-electron chi connectivity index (χ2n) is 19.4. The fourth-order valence-electron chi connectivity index (χ4n) is 14.0. The molecule has 0 saturated heterocycles. The summed E-state index contributed by atoms with van der Waals surface area (Å²) in [5.41, 5.74) is 27.2. The molecule has 2 nitrogen and oxygen atoms in total. The average molecular weight is 887 g/mol. The lowest BCUT2D eigenvalue weighted by molar-refractivity contribution is 0.748. The zero-order valence-corrected chi connectivity index (χ0v) is 38.1. The first-order chi connectivity index (χ1) is 34.8. The van der Waals surface area contributed by atoms with Crippen LogP contribution in [-0.2, 0) is 10.8 Å². The lowest BCUT2D eigenvalue weighted by Crippen LogP contribution is -2.33. The number of rotatable bonds is 4. The van der Waals surface area contributed by atoms with Gasteiger partial charge in [-0.1, -0.05) is 212 Å². The minimum Gasteiger partial charge on any atom is -0.310 e. The van der Waals surface area contributed by atoms with Crippen LogP contribution in [0.25, 0.3) is 72.0 Å². The van der Waals surface area contributed by atoms with Gasteiger partial charge in [-0.3, -0.25) is 0 Å². The fourth-order valence-corrected chi connectivity index (χ4v) is 14.0. The fraction of sp³-hybridized carbons (Fsp3) is 0.0294. The lowest BCUT2D eigenvalue weighted by atomic mass is 9.65. The van der Waals surface area contributed by atoms with Crippen molar-refractivity contribution in [2.24, 2.45) is 0 Å². The van der Waals surface area contributed by atoms with Crippen molar-refractivity contribution in [3.8, 4) is 50.2 Å². The highest BCUT2D eigenvalue weighted by Crippen LogP contribution is 2.66. The van der Waals surface area contributed by atoms with Gasteiger partial charge >= 0.3 is 0 Å². The molecule has 0 radical (unpaired) electrons. The molecular weight excluding hydrogens is 845 g/mol. The van der Waals surface area contributed by atoms with Crippen molar-refractivity contribution >= 4 is 38.9 Å². The van der Waals surface area contributed by atoms with E-state index in [0.717, 1.165) is 11.4 Å². The normalized spacial score (nSPS) is 15.6. The molecule has 2 heteroatoms. The maximum atomic E-state index is 2.52. The number of para-hydroxylation sites is 4. The van der Waals surface area contributed by atoms with Crippen molar-refractivity contribution < 1.29 is 0 Å². The van der Waals surface area contributed by atoms with Crippen molar-refractivity contribution in [2.75, 3.05) is 4.90 Å². The minimum atomic E-state index is -0.506. The van der Waals surface area contributed by atoms with Gasteiger partial charge in [0.25, 0.3) is 0 Å². The number of anilines is 3. The molecule has 2 spiro atoms. The first kappa shape index (κ1) is 38.0. The molecule has 1 atom stereocenters. The van der Waals surface area contributed by atoms with Gasteiger partial charge in [0.05, 0.1) is 33.2 Å². The summed E-state index contributed by atoms with van der Waals surface area (Å²) in [4.78, 5) is 2.48. The molecule has 2 heterocycles. The monoisotopic (exact) mass is 886 g/mol. The predicted molar refractivity (Wildman–Crippen MR) is 288 cm³/mol. The summed E-state index contributed by atoms with van der Waals surface area (Å²) in [6.07, 6.45) is 0. The number of hydrogen-bond acceptors (Lipinski definition) is 1. The number of benzene rings is 11. The molecule has 16 rings (SSSR count). The van der Waals surface area contributed by atoms with Crippen molar-refractivity contribution in [3.05, 3.63) is 299 Å². The molecule has 0 fully saturated rings. The topological polar surface area (TPSA) is 8.17 Å². The van der Waals surface area contributed by atoms with E-state index in [1.54, 1.807) is 0 Å². The van der Waals surface area contributed by atoms with Gasteiger partial charge in [-0.2, -0.15) is 0 Å². The van der Waals surface area contributed by atoms with Crippen LogP contribution in [0.2, 0.25) is 0 Å². The van der Waals surface area contributed by atoms with Gasteiger partial charge in [-0.25, -0.2) is 0 Å². The highest BCUT2D eigenvalue weighted by molar-refractivity contribution is 6.13. The van der Waals surface area contributed by atoms with E-state index in [1.165, 1.54) is 122 Å². The standard InChI is InChI=1S/C68H42N2/c1-2-19-44(20-3-1)69(63-38-18-34-59-65(63)52-25-7-12-31-56(52)67(59)53-28-9-4-21-47(53)48-22-5-10-29-54(48)67)45-41-39-43(40-42-45)46-26-16-33-58-64(46)51-24-6-11-30-55(51)68(58)57-32-13-15-37-62(57)70-61-36-14-8-23-49(61)50-27-17-35-60(68)66(50)70/h1-42H. The smallest absolute Gasteiger partial charge is 0.0754 e. The summed E-state index contributed by atoms with van der Waals surface area (Å²) >= 11 is 0. The Morgan fingerprint density at radius 3 is 1.46 bits per heavy atom. The average Bonchev–Trinajstić information content (AvgIpc) is 4.13. The van der Waals surface area contributed by atoms with E-state index in [9.17, 15) is 0 Å². The molecule has 12 aromatic rings. The molecule has 3 aliphatic carbocycles. The second-order valence-corrected chi connectivity index (χ2v) is 19.4. The first-order valence-corrected chi connectivity index (χ1v) is 24.5. The number of aromatic nitrogens is 1. The molecule has 0 amide bonds. The third-order valence-corrected chi connectivity index (χ3v) is 16.4. The Hall–Kier alpha value is -8.98. The van der Waals surface area contributed by atoms with E-state index in [-0.39, 0.29) is 0 Å². The summed E-state index contributed by atoms with van der Waals surface area (Å²) < 4.78 is 2.52. The van der Waals surface area contributed by atoms with E-state index in [1.807, 2.05) is 0 Å². The van der Waals surface area contributed by atoms with Crippen molar-refractivity contribution in [2.45, 2.75) is 10.8 Å². The molecule has 1 aliphatic heterocycles. The summed E-state index contributed by atoms with van der Waals surface area (Å²) in [6.45, 7) is 0. The van der Waals surface area contributed by atoms with Crippen LogP contribution in [0.15, 0.2) is 255 Å². The van der Waals surface area contributed by atoms with Gasteiger partial charge in [0.1, 0.15) is 0 Å². The number of fused-ring (bicyclic) bond motifs is 22. The van der Waals surface area contributed by atoms with Gasteiger partial charge in [0, 0.05) is 27.7 Å². The Labute approximate surface area is 406 Å². The van der Waals surface area contributed by atoms with Crippen LogP contribution in [0.4, 0.5) is 17.1 Å². The van der Waals surface area contributed by atoms with Crippen molar-refractivity contribution in [1.82, 2.24) is 4.57 Å². The van der Waals surface area contributed by atoms with Crippen molar-refractivity contribution in [1.29, 1.82) is 0 Å². The second kappa shape index (κ2) is 13.8. The van der Waals surface area contributed by atoms with Crippen LogP contribution in [0.1, 0.15) is 44.5 Å². The van der Waals surface area contributed by atoms with Gasteiger partial charge in [-0.15, -0.1) is 0 Å². The number of hydrogen-bond donors (Lipinski definition) is 0. The predicted octanol–water partition coefficient (Wildman–Crippen LogP) is 16.9. The van der Waals surface area contributed by atoms with Crippen LogP contribution in [0, 0.1) is 0 Å². The van der Waals surface area contributed by atoms with E-state index in [4.69, 9.17) is 0 Å². The Morgan fingerprint density at radius 2 is 0.743 bits per heavy atom. The van der Waals surface area contributed by atoms with Gasteiger partial charge < -0.3 is 9.47 Å². The highest BCUT2D eigenvalue weighted by atomic mass is 15.1. The van der Waals surface area contributed by atoms with E-state index in [2.05, 4.69) is 264 Å². The summed E-state index contributed by atoms with van der Waals surface area (Å²) in [6, 6.07) is 95.8. The third kappa shape index (κ3) is 4.55. The Kier molecular flexibility index (Phi) is 7.51. The van der Waals surface area contributed by atoms with Crippen molar-refractivity contribution in [3.63, 3.8) is 0 Å². The largest absolute Gasteiger partial charge is 0.310 e. The Morgan fingerprint density at radius 1 is 0.286 bits per heavy atom. The zero-order valence-electron chi connectivity index (χ0n) is 38.1. The highest BCUT2D eigenvalue weighted by Gasteiger charge is 2.53. The molecule has 1 unspecified atom stereocenters. The summed E-state index contributed by atoms with van der Waals surface area (Å²) in [7, 11) is 0. The van der Waals surface area contributed by atoms with Gasteiger partial charge in [0.15, 0.2) is 0 Å². The van der Waals surface area contributed by atoms with Crippen LogP contribution >= 0.6 is 0 Å². The molecule has 4 aliphatic rings. The molecule has 0 saturated carbocycles. The van der Waals surface area contributed by atoms with E-state index >= 15 is 0 Å². The van der Waals surface area contributed by atoms with Crippen LogP contribution < -0.4 is 4.90 Å². The molecule has 0 bridgehead atoms. The summed E-state index contributed by atoms with van der Waals surface area (Å²) in [5, 5.41) is 2.58. The van der Waals surface area contributed by atoms with Crippen LogP contribution in [0.3, 0.4) is 0 Å². The Balaban J connectivity index is 0.897. The summed E-state index contributed by atoms with van der Waals surface area (Å²) in [5.74, 6) is 0. The molecular formula is C68H42N2. The van der Waals surface area contributed by atoms with Gasteiger partial charge in [0.2, 0.25) is 0 Å². The molecule has 70 heavy (non-hydrogen) atoms. The SMILES string of the molecule is c1ccc(N(c2ccc(-c3cccc4c3-c3ccccc3C43c4ccccc4-n4c5ccccc5c5cccc3c54)cc2)c2cccc3c2-c2ccccc2C32c3ccccc3-c3ccccc32)cc1. The maximum Gasteiger partial charge on any atom is 0.0754 e. The third-order valence-electron chi connectivity index (χ3n) is 16.4. The lowest BCUT2D eigenvalue weighted by Gasteiger charge is -2.39. The zero-order chi connectivity index (χ0) is 45.7. The molecule has 0 N–H and O–H groups in total. The molecule has 11 aromatic carbocycles. The maximum absolute atomic E-state index is 2.52. The van der Waals surface area contributed by atoms with E-state index in [0.29, 0.717) is 0 Å². The Bertz CT molecular complexity index is 4150. The van der Waals surface area contributed by atoms with E-state index < -0.39 is 10.8 Å².